The van der Waals surface area contributed by atoms with E-state index < -0.39 is 0 Å². The quantitative estimate of drug-likeness (QED) is 0.660. The molecule has 1 aliphatic rings. The van der Waals surface area contributed by atoms with Gasteiger partial charge in [-0.3, -0.25) is 10.1 Å². The van der Waals surface area contributed by atoms with Crippen LogP contribution in [0.2, 0.25) is 0 Å². The first kappa shape index (κ1) is 15.4. The van der Waals surface area contributed by atoms with Crippen molar-refractivity contribution in [2.45, 2.75) is 25.8 Å². The summed E-state index contributed by atoms with van der Waals surface area (Å²) in [5.41, 5.74) is 1.21. The Balaban J connectivity index is 2.09. The minimum absolute atomic E-state index is 0.115. The van der Waals surface area contributed by atoms with Gasteiger partial charge in [0.1, 0.15) is 0 Å². The fraction of sp³-hybridized carbons (Fsp3) is 0.571. The van der Waals surface area contributed by atoms with E-state index in [0.29, 0.717) is 12.0 Å². The van der Waals surface area contributed by atoms with Crippen molar-refractivity contribution in [2.75, 3.05) is 19.8 Å². The summed E-state index contributed by atoms with van der Waals surface area (Å²) in [5, 5.41) is 14.2. The summed E-state index contributed by atoms with van der Waals surface area (Å²) in [4.78, 5) is 10.4. The zero-order valence-corrected chi connectivity index (χ0v) is 13.1. The molecule has 0 amide bonds. The van der Waals surface area contributed by atoms with Crippen LogP contribution in [0.5, 0.6) is 0 Å². The molecule has 2 rings (SSSR count). The molecule has 1 fully saturated rings. The average molecular weight is 343 g/mol. The van der Waals surface area contributed by atoms with E-state index in [9.17, 15) is 10.1 Å². The van der Waals surface area contributed by atoms with Gasteiger partial charge in [-0.25, -0.2) is 0 Å². The Hall–Kier alpha value is -0.980. The second-order valence-corrected chi connectivity index (χ2v) is 5.88. The van der Waals surface area contributed by atoms with Crippen molar-refractivity contribution in [1.82, 2.24) is 5.32 Å². The highest BCUT2D eigenvalue weighted by Gasteiger charge is 2.26. The highest BCUT2D eigenvalue weighted by atomic mass is 79.9. The van der Waals surface area contributed by atoms with E-state index in [1.165, 1.54) is 0 Å². The van der Waals surface area contributed by atoms with Crippen LogP contribution in [0.15, 0.2) is 22.7 Å². The number of ether oxygens (including phenoxy) is 1. The van der Waals surface area contributed by atoms with E-state index in [-0.39, 0.29) is 10.6 Å². The summed E-state index contributed by atoms with van der Waals surface area (Å²) >= 11 is 3.44. The van der Waals surface area contributed by atoms with Gasteiger partial charge in [0, 0.05) is 35.2 Å². The van der Waals surface area contributed by atoms with Gasteiger partial charge in [-0.15, -0.1) is 0 Å². The molecule has 110 valence electrons. The molecule has 6 heteroatoms. The molecule has 1 aliphatic heterocycles. The number of hydrogen-bond donors (Lipinski definition) is 1. The number of nitrogens with zero attached hydrogens (tertiary/aromatic N) is 1. The number of rotatable bonds is 5. The number of halogens is 1. The molecular formula is C14H19BrN2O3. The SMILES string of the molecule is CCNC1CCOCC1Cc1ccc([N+](=O)[O-])cc1Br. The Morgan fingerprint density at radius 3 is 3.00 bits per heavy atom. The minimum Gasteiger partial charge on any atom is -0.381 e. The van der Waals surface area contributed by atoms with Gasteiger partial charge in [-0.2, -0.15) is 0 Å². The van der Waals surface area contributed by atoms with Gasteiger partial charge in [-0.05, 0) is 24.9 Å². The van der Waals surface area contributed by atoms with E-state index in [2.05, 4.69) is 28.2 Å². The molecule has 0 aromatic heterocycles. The first-order valence-electron chi connectivity index (χ1n) is 6.85. The molecule has 0 bridgehead atoms. The van der Waals surface area contributed by atoms with Crippen LogP contribution >= 0.6 is 15.9 Å². The molecule has 1 N–H and O–H groups in total. The maximum absolute atomic E-state index is 10.7. The lowest BCUT2D eigenvalue weighted by Crippen LogP contribution is -2.43. The van der Waals surface area contributed by atoms with Gasteiger partial charge in [0.2, 0.25) is 0 Å². The topological polar surface area (TPSA) is 64.4 Å². The second kappa shape index (κ2) is 7.15. The molecular weight excluding hydrogens is 324 g/mol. The van der Waals surface area contributed by atoms with Crippen molar-refractivity contribution < 1.29 is 9.66 Å². The fourth-order valence-electron chi connectivity index (χ4n) is 2.63. The van der Waals surface area contributed by atoms with Crippen LogP contribution in [-0.2, 0) is 11.2 Å². The monoisotopic (exact) mass is 342 g/mol. The van der Waals surface area contributed by atoms with Gasteiger partial charge < -0.3 is 10.1 Å². The van der Waals surface area contributed by atoms with Crippen molar-refractivity contribution >= 4 is 21.6 Å². The minimum atomic E-state index is -0.375. The number of nitro benzene ring substituents is 1. The highest BCUT2D eigenvalue weighted by molar-refractivity contribution is 9.10. The normalized spacial score (nSPS) is 22.7. The molecule has 5 nitrogen and oxygen atoms in total. The fourth-order valence-corrected chi connectivity index (χ4v) is 3.16. The maximum atomic E-state index is 10.7. The van der Waals surface area contributed by atoms with Crippen molar-refractivity contribution in [2.24, 2.45) is 5.92 Å². The van der Waals surface area contributed by atoms with E-state index >= 15 is 0 Å². The Labute approximate surface area is 127 Å². The van der Waals surface area contributed by atoms with E-state index in [4.69, 9.17) is 4.74 Å². The standard InChI is InChI=1S/C14H19BrN2O3/c1-2-16-14-5-6-20-9-11(14)7-10-3-4-12(17(18)19)8-13(10)15/h3-4,8,11,14,16H,2,5-7,9H2,1H3. The number of benzene rings is 1. The molecule has 0 aliphatic carbocycles. The van der Waals surface area contributed by atoms with Crippen molar-refractivity contribution in [3.63, 3.8) is 0 Å². The van der Waals surface area contributed by atoms with Gasteiger partial charge in [-0.1, -0.05) is 28.9 Å². The van der Waals surface area contributed by atoms with E-state index in [0.717, 1.165) is 42.6 Å². The van der Waals surface area contributed by atoms with Crippen LogP contribution in [0.4, 0.5) is 5.69 Å². The van der Waals surface area contributed by atoms with Crippen LogP contribution < -0.4 is 5.32 Å². The lowest BCUT2D eigenvalue weighted by atomic mass is 9.89. The van der Waals surface area contributed by atoms with Crippen molar-refractivity contribution in [1.29, 1.82) is 0 Å². The summed E-state index contributed by atoms with van der Waals surface area (Å²) in [5.74, 6) is 0.404. The molecule has 1 heterocycles. The lowest BCUT2D eigenvalue weighted by molar-refractivity contribution is -0.384. The van der Waals surface area contributed by atoms with Crippen LogP contribution in [-0.4, -0.2) is 30.7 Å². The zero-order valence-electron chi connectivity index (χ0n) is 11.5. The van der Waals surface area contributed by atoms with Gasteiger partial charge in [0.15, 0.2) is 0 Å². The Bertz CT molecular complexity index is 479. The third-order valence-electron chi connectivity index (χ3n) is 3.67. The molecule has 0 saturated carbocycles. The highest BCUT2D eigenvalue weighted by Crippen LogP contribution is 2.27. The molecule has 1 saturated heterocycles. The molecule has 20 heavy (non-hydrogen) atoms. The van der Waals surface area contributed by atoms with Gasteiger partial charge in [0.25, 0.3) is 5.69 Å². The number of nitrogens with one attached hydrogen (secondary N) is 1. The third-order valence-corrected chi connectivity index (χ3v) is 4.41. The lowest BCUT2D eigenvalue weighted by Gasteiger charge is -2.32. The summed E-state index contributed by atoms with van der Waals surface area (Å²) in [7, 11) is 0. The van der Waals surface area contributed by atoms with Crippen LogP contribution in [0.3, 0.4) is 0 Å². The van der Waals surface area contributed by atoms with Gasteiger partial charge in [0.05, 0.1) is 11.5 Å². The smallest absolute Gasteiger partial charge is 0.270 e. The first-order valence-corrected chi connectivity index (χ1v) is 7.65. The zero-order chi connectivity index (χ0) is 14.5. The predicted molar refractivity (Wildman–Crippen MR) is 80.9 cm³/mol. The van der Waals surface area contributed by atoms with Crippen molar-refractivity contribution in [3.05, 3.63) is 38.3 Å². The summed E-state index contributed by atoms with van der Waals surface area (Å²) in [6, 6.07) is 5.42. The molecule has 2 atom stereocenters. The number of nitro groups is 1. The van der Waals surface area contributed by atoms with Gasteiger partial charge >= 0.3 is 0 Å². The molecule has 0 spiro atoms. The van der Waals surface area contributed by atoms with Crippen LogP contribution in [0.25, 0.3) is 0 Å². The Morgan fingerprint density at radius 1 is 1.55 bits per heavy atom. The summed E-state index contributed by atoms with van der Waals surface area (Å²) in [6.45, 7) is 4.59. The maximum Gasteiger partial charge on any atom is 0.270 e. The largest absolute Gasteiger partial charge is 0.381 e. The second-order valence-electron chi connectivity index (χ2n) is 5.02. The molecule has 0 radical (unpaired) electrons. The van der Waals surface area contributed by atoms with E-state index in [1.807, 2.05) is 6.07 Å². The Morgan fingerprint density at radius 2 is 2.35 bits per heavy atom. The molecule has 1 aromatic carbocycles. The van der Waals surface area contributed by atoms with Crippen LogP contribution in [0, 0.1) is 16.0 Å². The summed E-state index contributed by atoms with van der Waals surface area (Å²) in [6.07, 6.45) is 1.87. The first-order chi connectivity index (χ1) is 9.61. The molecule has 2 unspecified atom stereocenters. The number of hydrogen-bond acceptors (Lipinski definition) is 4. The molecule has 1 aromatic rings. The predicted octanol–water partition coefficient (Wildman–Crippen LogP) is 2.91. The number of non-ortho nitro benzene ring substituents is 1. The Kier molecular flexibility index (Phi) is 5.51. The average Bonchev–Trinajstić information content (AvgIpc) is 2.43. The van der Waals surface area contributed by atoms with E-state index in [1.54, 1.807) is 12.1 Å². The third kappa shape index (κ3) is 3.77. The summed E-state index contributed by atoms with van der Waals surface area (Å²) < 4.78 is 6.37. The van der Waals surface area contributed by atoms with Crippen LogP contribution in [0.1, 0.15) is 18.9 Å². The van der Waals surface area contributed by atoms with Crippen molar-refractivity contribution in [3.8, 4) is 0 Å².